The number of piperidine rings is 1. The minimum absolute atomic E-state index is 0.0115. The van der Waals surface area contributed by atoms with Gasteiger partial charge in [0.1, 0.15) is 0 Å². The normalized spacial score (nSPS) is 29.8. The molecule has 8 nitrogen and oxygen atoms in total. The summed E-state index contributed by atoms with van der Waals surface area (Å²) in [4.78, 5) is 16.2. The molecule has 5 rings (SSSR count). The van der Waals surface area contributed by atoms with Crippen molar-refractivity contribution >= 4 is 5.91 Å². The third-order valence-corrected chi connectivity index (χ3v) is 7.72. The van der Waals surface area contributed by atoms with Crippen LogP contribution in [0.3, 0.4) is 0 Å². The average Bonchev–Trinajstić information content (AvgIpc) is 3.18. The number of hydrogen-bond acceptors (Lipinski definition) is 6. The predicted octanol–water partition coefficient (Wildman–Crippen LogP) is 2.80. The van der Waals surface area contributed by atoms with Crippen LogP contribution in [-0.2, 0) is 29.6 Å². The molecule has 2 aromatic rings. The summed E-state index contributed by atoms with van der Waals surface area (Å²) in [5.74, 6) is -2.14. The Morgan fingerprint density at radius 1 is 1.33 bits per heavy atom. The maximum atomic E-state index is 13.5. The molecule has 3 fully saturated rings. The Hall–Kier alpha value is -2.36. The zero-order valence-electron chi connectivity index (χ0n) is 19.3. The van der Waals surface area contributed by atoms with Crippen LogP contribution in [0.25, 0.3) is 0 Å². The highest BCUT2D eigenvalue weighted by molar-refractivity contribution is 5.78. The van der Waals surface area contributed by atoms with E-state index in [0.717, 1.165) is 65.1 Å². The van der Waals surface area contributed by atoms with Crippen molar-refractivity contribution in [3.05, 3.63) is 29.4 Å². The number of amides is 1. The topological polar surface area (TPSA) is 89.1 Å². The van der Waals surface area contributed by atoms with Crippen LogP contribution in [0.1, 0.15) is 62.6 Å². The van der Waals surface area contributed by atoms with E-state index in [1.54, 1.807) is 13.2 Å². The Labute approximate surface area is 192 Å². The molecule has 10 heteroatoms. The second kappa shape index (κ2) is 8.45. The summed E-state index contributed by atoms with van der Waals surface area (Å²) in [5.41, 5.74) is 1.30. The Kier molecular flexibility index (Phi) is 5.74. The molecule has 0 spiro atoms. The molecular formula is C23H32F2N6O2. The van der Waals surface area contributed by atoms with Crippen LogP contribution >= 0.6 is 0 Å². The number of carbonyl (C=O) groups is 1. The van der Waals surface area contributed by atoms with Gasteiger partial charge < -0.3 is 14.7 Å². The van der Waals surface area contributed by atoms with Crippen LogP contribution in [0, 0.1) is 11.8 Å². The van der Waals surface area contributed by atoms with Crippen molar-refractivity contribution in [3.63, 3.8) is 0 Å². The number of aromatic nitrogens is 4. The lowest BCUT2D eigenvalue weighted by Crippen LogP contribution is -2.39. The molecule has 2 aliphatic carbocycles. The summed E-state index contributed by atoms with van der Waals surface area (Å²) in [6, 6.07) is 1.70. The van der Waals surface area contributed by atoms with Gasteiger partial charge in [0.25, 0.3) is 0 Å². The molecule has 2 atom stereocenters. The van der Waals surface area contributed by atoms with Crippen LogP contribution in [0.4, 0.5) is 8.78 Å². The summed E-state index contributed by atoms with van der Waals surface area (Å²) in [5, 5.41) is 15.3. The number of aryl methyl sites for hydroxylation is 1. The lowest BCUT2D eigenvalue weighted by atomic mass is 9.84. The predicted molar refractivity (Wildman–Crippen MR) is 116 cm³/mol. The minimum atomic E-state index is -2.99. The van der Waals surface area contributed by atoms with Crippen LogP contribution in [0.5, 0.6) is 0 Å². The fraction of sp³-hybridized carbons (Fsp3) is 0.739. The van der Waals surface area contributed by atoms with E-state index in [1.807, 2.05) is 0 Å². The Morgan fingerprint density at radius 3 is 2.79 bits per heavy atom. The standard InChI is InChI=1S/C23H32F2N6O2/c1-22(24,25)20-10-19(29-33-20)23-11-16(23)13-31(14-23)8-7-15-3-5-17(6-4-15)27-21(32)9-18-12-26-30(2)28-18/h10,12,15-17H,3-9,11,13-14H2,1-2H3,(H,27,32)/t15-,16?,17-,23-/m0/s1. The highest BCUT2D eigenvalue weighted by Crippen LogP contribution is 2.59. The first-order chi connectivity index (χ1) is 15.7. The van der Waals surface area contributed by atoms with Crippen molar-refractivity contribution in [1.29, 1.82) is 0 Å². The molecule has 3 heterocycles. The summed E-state index contributed by atoms with van der Waals surface area (Å²) >= 11 is 0. The highest BCUT2D eigenvalue weighted by Gasteiger charge is 2.62. The van der Waals surface area contributed by atoms with Gasteiger partial charge in [0.2, 0.25) is 11.7 Å². The number of nitrogens with one attached hydrogen (secondary N) is 1. The molecule has 0 aromatic carbocycles. The average molecular weight is 463 g/mol. The van der Waals surface area contributed by atoms with Gasteiger partial charge in [-0.05, 0) is 56.9 Å². The van der Waals surface area contributed by atoms with Gasteiger partial charge in [0.15, 0.2) is 0 Å². The number of rotatable bonds is 8. The number of fused-ring (bicyclic) bond motifs is 1. The van der Waals surface area contributed by atoms with E-state index in [9.17, 15) is 13.6 Å². The van der Waals surface area contributed by atoms with Crippen molar-refractivity contribution in [2.75, 3.05) is 19.6 Å². The maximum absolute atomic E-state index is 13.5. The van der Waals surface area contributed by atoms with Gasteiger partial charge in [0.05, 0.1) is 24.0 Å². The summed E-state index contributed by atoms with van der Waals surface area (Å²) in [7, 11) is 1.74. The quantitative estimate of drug-likeness (QED) is 0.649. The monoisotopic (exact) mass is 462 g/mol. The zero-order chi connectivity index (χ0) is 23.2. The van der Waals surface area contributed by atoms with Crippen LogP contribution in [-0.4, -0.2) is 56.6 Å². The number of carbonyl (C=O) groups excluding carboxylic acids is 1. The molecule has 1 aliphatic heterocycles. The molecule has 0 radical (unpaired) electrons. The van der Waals surface area contributed by atoms with Crippen molar-refractivity contribution in [2.45, 2.75) is 69.2 Å². The highest BCUT2D eigenvalue weighted by atomic mass is 19.3. The number of hydrogen-bond donors (Lipinski definition) is 1. The van der Waals surface area contributed by atoms with E-state index in [1.165, 1.54) is 10.9 Å². The van der Waals surface area contributed by atoms with Crippen molar-refractivity contribution in [3.8, 4) is 0 Å². The van der Waals surface area contributed by atoms with Gasteiger partial charge in [-0.2, -0.15) is 23.8 Å². The van der Waals surface area contributed by atoms with E-state index in [2.05, 4.69) is 25.6 Å². The zero-order valence-corrected chi connectivity index (χ0v) is 19.3. The third kappa shape index (κ3) is 4.81. The third-order valence-electron chi connectivity index (χ3n) is 7.72. The van der Waals surface area contributed by atoms with Gasteiger partial charge in [-0.3, -0.25) is 4.79 Å². The fourth-order valence-electron chi connectivity index (χ4n) is 5.74. The first-order valence-electron chi connectivity index (χ1n) is 11.9. The molecule has 1 saturated heterocycles. The Balaban J connectivity index is 1.03. The molecule has 180 valence electrons. The second-order valence-corrected chi connectivity index (χ2v) is 10.3. The van der Waals surface area contributed by atoms with Gasteiger partial charge in [-0.1, -0.05) is 5.16 Å². The molecular weight excluding hydrogens is 430 g/mol. The molecule has 0 bridgehead atoms. The molecule has 2 aromatic heterocycles. The van der Waals surface area contributed by atoms with E-state index in [-0.39, 0.29) is 29.5 Å². The van der Waals surface area contributed by atoms with Gasteiger partial charge in [-0.25, -0.2) is 0 Å². The van der Waals surface area contributed by atoms with Gasteiger partial charge >= 0.3 is 5.92 Å². The SMILES string of the molecule is Cn1ncc(CC(=O)N[C@H]2CC[C@H](CCN3CC4C[C@]4(c4cc(C(C)(F)F)on4)C3)CC2)n1. The largest absolute Gasteiger partial charge is 0.355 e. The Bertz CT molecular complexity index is 993. The number of alkyl halides is 2. The number of halogens is 2. The Morgan fingerprint density at radius 2 is 2.12 bits per heavy atom. The fourth-order valence-corrected chi connectivity index (χ4v) is 5.74. The minimum Gasteiger partial charge on any atom is -0.355 e. The van der Waals surface area contributed by atoms with Crippen LogP contribution < -0.4 is 5.32 Å². The van der Waals surface area contributed by atoms with E-state index in [4.69, 9.17) is 4.52 Å². The molecule has 33 heavy (non-hydrogen) atoms. The van der Waals surface area contributed by atoms with Crippen molar-refractivity contribution in [1.82, 2.24) is 30.4 Å². The molecule has 1 N–H and O–H groups in total. The van der Waals surface area contributed by atoms with Crippen molar-refractivity contribution < 1.29 is 18.1 Å². The molecule has 1 unspecified atom stereocenters. The number of nitrogens with zero attached hydrogens (tertiary/aromatic N) is 5. The smallest absolute Gasteiger partial charge is 0.304 e. The number of likely N-dealkylation sites (tertiary alicyclic amines) is 1. The first kappa shape index (κ1) is 22.4. The lowest BCUT2D eigenvalue weighted by Gasteiger charge is -2.30. The lowest BCUT2D eigenvalue weighted by molar-refractivity contribution is -0.121. The van der Waals surface area contributed by atoms with E-state index >= 15 is 0 Å². The molecule has 3 aliphatic rings. The van der Waals surface area contributed by atoms with Crippen molar-refractivity contribution in [2.24, 2.45) is 18.9 Å². The second-order valence-electron chi connectivity index (χ2n) is 10.3. The maximum Gasteiger partial charge on any atom is 0.304 e. The summed E-state index contributed by atoms with van der Waals surface area (Å²) < 4.78 is 32.0. The molecule has 2 saturated carbocycles. The molecule has 1 amide bonds. The van der Waals surface area contributed by atoms with Crippen LogP contribution in [0.15, 0.2) is 16.8 Å². The van der Waals surface area contributed by atoms with Gasteiger partial charge in [-0.15, -0.1) is 0 Å². The van der Waals surface area contributed by atoms with E-state index < -0.39 is 5.92 Å². The van der Waals surface area contributed by atoms with E-state index in [0.29, 0.717) is 23.2 Å². The first-order valence-corrected chi connectivity index (χ1v) is 11.9. The van der Waals surface area contributed by atoms with Crippen LogP contribution in [0.2, 0.25) is 0 Å². The summed E-state index contributed by atoms with van der Waals surface area (Å²) in [6.45, 7) is 3.77. The summed E-state index contributed by atoms with van der Waals surface area (Å²) in [6.07, 6.45) is 8.32. The van der Waals surface area contributed by atoms with Gasteiger partial charge in [0, 0.05) is 44.6 Å².